The average molecular weight is 487 g/mol. The maximum Gasteiger partial charge on any atom is 0.330 e. The molecule has 0 aliphatic heterocycles. The zero-order chi connectivity index (χ0) is 26.7. The molecule has 1 heterocycles. The van der Waals surface area contributed by atoms with Crippen molar-refractivity contribution in [3.8, 4) is 17.1 Å². The SMILES string of the molecule is CC(C)(C)n1nc(-c2ccccc2)[n+](C(C)(C)C)n1.O=[N+]([O-])c1cc([N+](=O)[O-])c([O-])c([N+](=O)[O-])c1. The number of rotatable bonds is 4. The second-order valence-electron chi connectivity index (χ2n) is 9.41. The Balaban J connectivity index is 0.000000251. The van der Waals surface area contributed by atoms with Crippen molar-refractivity contribution in [2.24, 2.45) is 0 Å². The first kappa shape index (κ1) is 26.8. The fraction of sp³-hybridized carbons (Fsp3) is 0.381. The lowest BCUT2D eigenvalue weighted by atomic mass is 10.1. The van der Waals surface area contributed by atoms with E-state index in [2.05, 4.69) is 64.0 Å². The van der Waals surface area contributed by atoms with Gasteiger partial charge < -0.3 is 5.11 Å². The van der Waals surface area contributed by atoms with Crippen LogP contribution in [0.1, 0.15) is 41.5 Å². The van der Waals surface area contributed by atoms with Crippen LogP contribution in [0.4, 0.5) is 17.1 Å². The highest BCUT2D eigenvalue weighted by Gasteiger charge is 2.34. The fourth-order valence-electron chi connectivity index (χ4n) is 2.74. The molecule has 2 aromatic carbocycles. The second-order valence-corrected chi connectivity index (χ2v) is 9.41. The molecule has 14 heteroatoms. The quantitative estimate of drug-likeness (QED) is 0.302. The smallest absolute Gasteiger partial charge is 0.330 e. The van der Waals surface area contributed by atoms with Crippen LogP contribution in [-0.2, 0) is 11.1 Å². The number of hydrogen-bond donors (Lipinski definition) is 0. The molecule has 0 spiro atoms. The van der Waals surface area contributed by atoms with Gasteiger partial charge in [-0.1, -0.05) is 18.2 Å². The van der Waals surface area contributed by atoms with Crippen LogP contribution in [0.3, 0.4) is 0 Å². The molecule has 0 aliphatic carbocycles. The van der Waals surface area contributed by atoms with E-state index in [1.165, 1.54) is 0 Å². The zero-order valence-electron chi connectivity index (χ0n) is 20.0. The number of nitrogens with zero attached hydrogens (tertiary/aromatic N) is 7. The maximum atomic E-state index is 11.1. The summed E-state index contributed by atoms with van der Waals surface area (Å²) in [5.41, 5.74) is -2.40. The van der Waals surface area contributed by atoms with Crippen LogP contribution in [0.15, 0.2) is 42.5 Å². The predicted molar refractivity (Wildman–Crippen MR) is 121 cm³/mol. The number of nitro benzene ring substituents is 3. The van der Waals surface area contributed by atoms with Gasteiger partial charge in [-0.15, -0.1) is 4.68 Å². The molecule has 0 saturated heterocycles. The van der Waals surface area contributed by atoms with Crippen LogP contribution >= 0.6 is 0 Å². The van der Waals surface area contributed by atoms with Crippen molar-refractivity contribution < 1.29 is 24.6 Å². The Morgan fingerprint density at radius 3 is 1.69 bits per heavy atom. The molecule has 186 valence electrons. The van der Waals surface area contributed by atoms with Gasteiger partial charge in [0.25, 0.3) is 17.1 Å². The van der Waals surface area contributed by atoms with Gasteiger partial charge >= 0.3 is 5.82 Å². The number of aromatic nitrogens is 4. The lowest BCUT2D eigenvalue weighted by molar-refractivity contribution is -0.798. The number of nitro groups is 3. The monoisotopic (exact) mass is 487 g/mol. The van der Waals surface area contributed by atoms with Gasteiger partial charge in [0.2, 0.25) is 0 Å². The summed E-state index contributed by atoms with van der Waals surface area (Å²) in [5.74, 6) is -0.552. The van der Waals surface area contributed by atoms with E-state index < -0.39 is 37.6 Å². The maximum absolute atomic E-state index is 11.1. The number of tetrazole rings is 1. The van der Waals surface area contributed by atoms with E-state index in [-0.39, 0.29) is 11.1 Å². The third-order valence-electron chi connectivity index (χ3n) is 4.47. The Kier molecular flexibility index (Phi) is 7.48. The van der Waals surface area contributed by atoms with Gasteiger partial charge in [0.05, 0.1) is 48.5 Å². The van der Waals surface area contributed by atoms with Crippen LogP contribution in [0.25, 0.3) is 11.4 Å². The van der Waals surface area contributed by atoms with Crippen molar-refractivity contribution in [1.82, 2.24) is 15.1 Å². The Hall–Kier alpha value is -4.49. The lowest BCUT2D eigenvalue weighted by Crippen LogP contribution is -2.54. The Labute approximate surface area is 199 Å². The molecule has 1 aromatic heterocycles. The van der Waals surface area contributed by atoms with E-state index in [1.54, 1.807) is 4.80 Å². The van der Waals surface area contributed by atoms with Crippen molar-refractivity contribution >= 4 is 17.1 Å². The van der Waals surface area contributed by atoms with Crippen molar-refractivity contribution in [2.75, 3.05) is 0 Å². The minimum Gasteiger partial charge on any atom is -0.863 e. The summed E-state index contributed by atoms with van der Waals surface area (Å²) in [6, 6.07) is 11.0. The zero-order valence-corrected chi connectivity index (χ0v) is 20.0. The molecule has 0 bridgehead atoms. The summed E-state index contributed by atoms with van der Waals surface area (Å²) >= 11 is 0. The summed E-state index contributed by atoms with van der Waals surface area (Å²) in [6.07, 6.45) is 0. The topological polar surface area (TPSA) is 187 Å². The largest absolute Gasteiger partial charge is 0.863 e. The molecule has 35 heavy (non-hydrogen) atoms. The first-order valence-electron chi connectivity index (χ1n) is 10.3. The minimum absolute atomic E-state index is 0.103. The third kappa shape index (κ3) is 6.31. The van der Waals surface area contributed by atoms with Gasteiger partial charge in [0, 0.05) is 0 Å². The van der Waals surface area contributed by atoms with E-state index >= 15 is 0 Å². The van der Waals surface area contributed by atoms with Gasteiger partial charge in [-0.3, -0.25) is 30.3 Å². The molecule has 3 aromatic rings. The predicted octanol–water partition coefficient (Wildman–Crippen LogP) is 3.23. The summed E-state index contributed by atoms with van der Waals surface area (Å²) in [6.45, 7) is 12.7. The fourth-order valence-corrected chi connectivity index (χ4v) is 2.74. The van der Waals surface area contributed by atoms with E-state index in [1.807, 2.05) is 22.9 Å². The van der Waals surface area contributed by atoms with Crippen LogP contribution in [0, 0.1) is 30.3 Å². The molecular weight excluding hydrogens is 462 g/mol. The van der Waals surface area contributed by atoms with Crippen LogP contribution in [0.2, 0.25) is 0 Å². The number of non-ortho nitro benzene ring substituents is 1. The molecule has 14 nitrogen and oxygen atoms in total. The average Bonchev–Trinajstić information content (AvgIpc) is 3.21. The Morgan fingerprint density at radius 1 is 0.829 bits per heavy atom. The standard InChI is InChI=1S/C15H23N4.C6H3N3O7/c1-14(2,3)18-13(12-10-8-7-9-11-12)16-19(17-18)15(4,5)6;10-6-4(8(13)14)1-3(7(11)12)2-5(6)9(15)16/h7-11H,1-6H3;1-2,10H/q+1;/p-1. The Bertz CT molecular complexity index is 1220. The summed E-state index contributed by atoms with van der Waals surface area (Å²) < 4.78 is 1.99. The van der Waals surface area contributed by atoms with Crippen molar-refractivity contribution in [3.63, 3.8) is 0 Å². The first-order valence-corrected chi connectivity index (χ1v) is 10.3. The molecule has 0 amide bonds. The highest BCUT2D eigenvalue weighted by Crippen LogP contribution is 2.36. The van der Waals surface area contributed by atoms with Crippen LogP contribution in [0.5, 0.6) is 5.75 Å². The van der Waals surface area contributed by atoms with Crippen molar-refractivity contribution in [2.45, 2.75) is 52.6 Å². The van der Waals surface area contributed by atoms with Gasteiger partial charge in [-0.2, -0.15) is 0 Å². The first-order chi connectivity index (χ1) is 16.0. The van der Waals surface area contributed by atoms with Gasteiger partial charge in [0.15, 0.2) is 0 Å². The molecule has 0 N–H and O–H groups in total. The molecule has 0 fully saturated rings. The summed E-state index contributed by atoms with van der Waals surface area (Å²) in [5, 5.41) is 51.4. The van der Waals surface area contributed by atoms with E-state index in [4.69, 9.17) is 0 Å². The van der Waals surface area contributed by atoms with Crippen LogP contribution < -0.4 is 9.79 Å². The second kappa shape index (κ2) is 9.79. The molecule has 0 atom stereocenters. The number of benzene rings is 2. The number of hydrogen-bond acceptors (Lipinski definition) is 9. The van der Waals surface area contributed by atoms with Gasteiger partial charge in [-0.25, -0.2) is 0 Å². The van der Waals surface area contributed by atoms with Gasteiger partial charge in [0.1, 0.15) is 11.1 Å². The van der Waals surface area contributed by atoms with E-state index in [0.29, 0.717) is 12.1 Å². The highest BCUT2D eigenvalue weighted by molar-refractivity contribution is 5.64. The minimum atomic E-state index is -1.46. The van der Waals surface area contributed by atoms with E-state index in [9.17, 15) is 35.4 Å². The summed E-state index contributed by atoms with van der Waals surface area (Å²) in [7, 11) is 0. The van der Waals surface area contributed by atoms with E-state index in [0.717, 1.165) is 11.4 Å². The Morgan fingerprint density at radius 2 is 1.31 bits per heavy atom. The molecular formula is C21H25N7O7. The highest BCUT2D eigenvalue weighted by atomic mass is 16.6. The molecule has 0 aliphatic rings. The van der Waals surface area contributed by atoms with Gasteiger partial charge in [-0.05, 0) is 58.5 Å². The van der Waals surface area contributed by atoms with Crippen LogP contribution in [-0.4, -0.2) is 29.9 Å². The lowest BCUT2D eigenvalue weighted by Gasteiger charge is -2.14. The third-order valence-corrected chi connectivity index (χ3v) is 4.47. The van der Waals surface area contributed by atoms with Crippen molar-refractivity contribution in [1.29, 1.82) is 0 Å². The van der Waals surface area contributed by atoms with Crippen molar-refractivity contribution in [3.05, 3.63) is 72.8 Å². The molecule has 3 rings (SSSR count). The molecule has 0 unspecified atom stereocenters. The molecule has 0 radical (unpaired) electrons. The summed E-state index contributed by atoms with van der Waals surface area (Å²) in [4.78, 5) is 29.3. The molecule has 0 saturated carbocycles. The normalized spacial score (nSPS) is 11.4.